The third-order valence-electron chi connectivity index (χ3n) is 9.78. The summed E-state index contributed by atoms with van der Waals surface area (Å²) >= 11 is 0. The highest BCUT2D eigenvalue weighted by Crippen LogP contribution is 2.37. The Morgan fingerprint density at radius 3 is 1.26 bits per heavy atom. The first kappa shape index (κ1) is 39.5. The first-order valence-corrected chi connectivity index (χ1v) is 20.8. The normalized spacial score (nSPS) is 11.8. The molecule has 0 radical (unpaired) electrons. The standard InChI is InChI=1S/C42H49N3O6S2/c1-6-43(7-2)38-24-25-41(31(5)26-38)42(34-16-20-36(21-17-34)44(8-3)29-32-12-10-14-39(27-32)52(46,47)48)35-18-22-37(23-19-35)45(9-4)30-33-13-11-15-40(28-33)53(49,50)51/h10-28,42H,6-9,29-30H2,1-5H3,(H,46,47,48)(H,49,50,51). The molecule has 0 saturated heterocycles. The van der Waals surface area contributed by atoms with Gasteiger partial charge in [0.05, 0.1) is 9.79 Å². The summed E-state index contributed by atoms with van der Waals surface area (Å²) in [6.07, 6.45) is 0. The van der Waals surface area contributed by atoms with Crippen molar-refractivity contribution in [1.82, 2.24) is 0 Å². The van der Waals surface area contributed by atoms with Gasteiger partial charge in [-0.3, -0.25) is 9.11 Å². The Morgan fingerprint density at radius 1 is 0.509 bits per heavy atom. The van der Waals surface area contributed by atoms with Crippen LogP contribution in [-0.4, -0.2) is 52.1 Å². The van der Waals surface area contributed by atoms with E-state index in [9.17, 15) is 25.9 Å². The van der Waals surface area contributed by atoms with Gasteiger partial charge in [0.2, 0.25) is 0 Å². The molecule has 5 aromatic carbocycles. The fourth-order valence-corrected chi connectivity index (χ4v) is 8.00. The lowest BCUT2D eigenvalue weighted by Gasteiger charge is -2.27. The Kier molecular flexibility index (Phi) is 12.7. The first-order chi connectivity index (χ1) is 25.2. The average Bonchev–Trinajstić information content (AvgIpc) is 3.14. The molecular weight excluding hydrogens is 707 g/mol. The van der Waals surface area contributed by atoms with Crippen molar-refractivity contribution in [1.29, 1.82) is 0 Å². The van der Waals surface area contributed by atoms with E-state index in [4.69, 9.17) is 0 Å². The number of nitrogens with zero attached hydrogens (tertiary/aromatic N) is 3. The van der Waals surface area contributed by atoms with Crippen LogP contribution in [0.3, 0.4) is 0 Å². The van der Waals surface area contributed by atoms with Gasteiger partial charge in [0, 0.05) is 62.2 Å². The highest BCUT2D eigenvalue weighted by Gasteiger charge is 2.21. The molecule has 0 fully saturated rings. The van der Waals surface area contributed by atoms with Crippen LogP contribution in [0.15, 0.2) is 125 Å². The van der Waals surface area contributed by atoms with Crippen molar-refractivity contribution < 1.29 is 25.9 Å². The van der Waals surface area contributed by atoms with Crippen molar-refractivity contribution in [3.63, 3.8) is 0 Å². The van der Waals surface area contributed by atoms with E-state index >= 15 is 0 Å². The zero-order chi connectivity index (χ0) is 38.3. The average molecular weight is 756 g/mol. The van der Waals surface area contributed by atoms with Crippen LogP contribution in [0.1, 0.15) is 67.0 Å². The second kappa shape index (κ2) is 17.0. The molecule has 0 saturated carbocycles. The van der Waals surface area contributed by atoms with Crippen molar-refractivity contribution in [2.75, 3.05) is 40.9 Å². The first-order valence-electron chi connectivity index (χ1n) is 17.9. The number of hydrogen-bond acceptors (Lipinski definition) is 7. The molecule has 0 spiro atoms. The Bertz CT molecular complexity index is 2090. The summed E-state index contributed by atoms with van der Waals surface area (Å²) in [6.45, 7) is 14.8. The van der Waals surface area contributed by atoms with Crippen molar-refractivity contribution in [3.8, 4) is 0 Å². The molecule has 9 nitrogen and oxygen atoms in total. The van der Waals surface area contributed by atoms with Gasteiger partial charge in [0.25, 0.3) is 20.2 Å². The molecule has 0 aromatic heterocycles. The minimum Gasteiger partial charge on any atom is -0.372 e. The molecule has 280 valence electrons. The second-order valence-electron chi connectivity index (χ2n) is 13.1. The minimum atomic E-state index is -4.30. The Labute approximate surface area is 315 Å². The lowest BCUT2D eigenvalue weighted by Crippen LogP contribution is -2.22. The summed E-state index contributed by atoms with van der Waals surface area (Å²) in [7, 11) is -8.59. The smallest absolute Gasteiger partial charge is 0.294 e. The van der Waals surface area contributed by atoms with Gasteiger partial charge in [-0.05, 0) is 129 Å². The predicted octanol–water partition coefficient (Wildman–Crippen LogP) is 8.57. The molecule has 53 heavy (non-hydrogen) atoms. The summed E-state index contributed by atoms with van der Waals surface area (Å²) in [4.78, 5) is 6.42. The maximum Gasteiger partial charge on any atom is 0.294 e. The predicted molar refractivity (Wildman–Crippen MR) is 215 cm³/mol. The van der Waals surface area contributed by atoms with Gasteiger partial charge in [-0.2, -0.15) is 16.8 Å². The zero-order valence-electron chi connectivity index (χ0n) is 31.0. The van der Waals surface area contributed by atoms with E-state index in [1.54, 1.807) is 12.1 Å². The van der Waals surface area contributed by atoms with Crippen LogP contribution in [0.25, 0.3) is 0 Å². The largest absolute Gasteiger partial charge is 0.372 e. The molecule has 0 bridgehead atoms. The van der Waals surface area contributed by atoms with Gasteiger partial charge in [-0.15, -0.1) is 0 Å². The highest BCUT2D eigenvalue weighted by atomic mass is 32.2. The van der Waals surface area contributed by atoms with Crippen LogP contribution >= 0.6 is 0 Å². The number of benzene rings is 5. The van der Waals surface area contributed by atoms with Gasteiger partial charge in [-0.1, -0.05) is 54.6 Å². The van der Waals surface area contributed by atoms with Crippen LogP contribution in [0.5, 0.6) is 0 Å². The molecule has 2 N–H and O–H groups in total. The zero-order valence-corrected chi connectivity index (χ0v) is 32.6. The lowest BCUT2D eigenvalue weighted by molar-refractivity contribution is 0.481. The van der Waals surface area contributed by atoms with Crippen molar-refractivity contribution in [2.45, 2.75) is 63.4 Å². The van der Waals surface area contributed by atoms with E-state index in [2.05, 4.69) is 116 Å². The van der Waals surface area contributed by atoms with E-state index in [1.165, 1.54) is 41.1 Å². The van der Waals surface area contributed by atoms with E-state index < -0.39 is 20.2 Å². The number of anilines is 3. The quantitative estimate of drug-likeness (QED) is 0.0755. The fraction of sp³-hybridized carbons (Fsp3) is 0.286. The van der Waals surface area contributed by atoms with Gasteiger partial charge in [-0.25, -0.2) is 0 Å². The summed E-state index contributed by atoms with van der Waals surface area (Å²) < 4.78 is 66.1. The maximum atomic E-state index is 11.7. The molecule has 0 aliphatic heterocycles. The topological polar surface area (TPSA) is 118 Å². The number of aryl methyl sites for hydroxylation is 1. The maximum absolute atomic E-state index is 11.7. The van der Waals surface area contributed by atoms with Crippen molar-refractivity contribution >= 4 is 37.3 Å². The van der Waals surface area contributed by atoms with Gasteiger partial charge >= 0.3 is 0 Å². The van der Waals surface area contributed by atoms with Crippen LogP contribution in [-0.2, 0) is 33.3 Å². The van der Waals surface area contributed by atoms with Gasteiger partial charge in [0.1, 0.15) is 0 Å². The Morgan fingerprint density at radius 2 is 0.906 bits per heavy atom. The molecule has 11 heteroatoms. The number of hydrogen-bond donors (Lipinski definition) is 2. The molecule has 5 rings (SSSR count). The summed E-state index contributed by atoms with van der Waals surface area (Å²) in [6, 6.07) is 36.5. The molecule has 0 aliphatic rings. The van der Waals surface area contributed by atoms with Crippen molar-refractivity contribution in [2.24, 2.45) is 0 Å². The Balaban J connectivity index is 1.48. The second-order valence-corrected chi connectivity index (χ2v) is 15.9. The molecular formula is C42H49N3O6S2. The van der Waals surface area contributed by atoms with E-state index in [-0.39, 0.29) is 15.7 Å². The molecule has 0 unspecified atom stereocenters. The van der Waals surface area contributed by atoms with Crippen molar-refractivity contribution in [3.05, 3.63) is 149 Å². The SMILES string of the molecule is CCN(CC)c1ccc(C(c2ccc(N(CC)Cc3cccc(S(=O)(=O)O)c3)cc2)c2ccc(N(CC)Cc3cccc(S(=O)(=O)O)c3)cc2)c(C)c1. The van der Waals surface area contributed by atoms with E-state index in [1.807, 2.05) is 12.1 Å². The third kappa shape index (κ3) is 9.66. The molecule has 5 aromatic rings. The summed E-state index contributed by atoms with van der Waals surface area (Å²) in [5.74, 6) is -0.0631. The molecule has 0 heterocycles. The number of rotatable bonds is 16. The highest BCUT2D eigenvalue weighted by molar-refractivity contribution is 7.86. The van der Waals surface area contributed by atoms with Crippen LogP contribution in [0, 0.1) is 6.92 Å². The lowest BCUT2D eigenvalue weighted by atomic mass is 9.82. The summed E-state index contributed by atoms with van der Waals surface area (Å²) in [5.41, 5.74) is 9.37. The molecule has 0 aliphatic carbocycles. The van der Waals surface area contributed by atoms with Gasteiger partial charge < -0.3 is 14.7 Å². The monoisotopic (exact) mass is 755 g/mol. The third-order valence-corrected chi connectivity index (χ3v) is 11.5. The summed E-state index contributed by atoms with van der Waals surface area (Å²) in [5, 5.41) is 0. The van der Waals surface area contributed by atoms with Crippen LogP contribution < -0.4 is 14.7 Å². The Hall–Kier alpha value is -4.68. The molecule has 0 amide bonds. The van der Waals surface area contributed by atoms with Gasteiger partial charge in [0.15, 0.2) is 0 Å². The fourth-order valence-electron chi connectivity index (χ4n) is 6.90. The van der Waals surface area contributed by atoms with E-state index in [0.717, 1.165) is 46.7 Å². The van der Waals surface area contributed by atoms with Crippen LogP contribution in [0.2, 0.25) is 0 Å². The minimum absolute atomic E-state index is 0.0631. The van der Waals surface area contributed by atoms with Crippen LogP contribution in [0.4, 0.5) is 17.1 Å². The van der Waals surface area contributed by atoms with E-state index in [0.29, 0.717) is 26.2 Å². The molecule has 0 atom stereocenters.